The molecular formula is C14H21N3O. The van der Waals surface area contributed by atoms with Gasteiger partial charge >= 0.3 is 0 Å². The molecule has 0 spiro atoms. The number of nitrogen functional groups attached to an aromatic ring is 1. The Morgan fingerprint density at radius 1 is 1.39 bits per heavy atom. The fraction of sp³-hybridized carbons (Fsp3) is 0.571. The maximum atomic E-state index is 12.4. The monoisotopic (exact) mass is 247 g/mol. The Kier molecular flexibility index (Phi) is 3.55. The molecule has 1 aliphatic rings. The van der Waals surface area contributed by atoms with Gasteiger partial charge in [0, 0.05) is 24.3 Å². The summed E-state index contributed by atoms with van der Waals surface area (Å²) in [5.74, 6) is 1.74. The highest BCUT2D eigenvalue weighted by molar-refractivity contribution is 5.95. The highest BCUT2D eigenvalue weighted by atomic mass is 16.2. The third-order valence-corrected chi connectivity index (χ3v) is 3.84. The van der Waals surface area contributed by atoms with E-state index in [1.54, 1.807) is 12.1 Å². The maximum absolute atomic E-state index is 12.4. The van der Waals surface area contributed by atoms with E-state index in [-0.39, 0.29) is 5.91 Å². The number of aromatic nitrogens is 1. The third-order valence-electron chi connectivity index (χ3n) is 3.84. The molecule has 4 heteroatoms. The molecule has 0 radical (unpaired) electrons. The molecule has 1 aromatic heterocycles. The Labute approximate surface area is 108 Å². The second kappa shape index (κ2) is 4.96. The highest BCUT2D eigenvalue weighted by Crippen LogP contribution is 2.24. The van der Waals surface area contributed by atoms with Gasteiger partial charge in [-0.05, 0) is 37.3 Å². The molecule has 0 saturated carbocycles. The lowest BCUT2D eigenvalue weighted by Gasteiger charge is -2.35. The first-order chi connectivity index (χ1) is 8.47. The van der Waals surface area contributed by atoms with Crippen molar-refractivity contribution in [3.8, 4) is 0 Å². The Bertz CT molecular complexity index is 438. The number of likely N-dealkylation sites (tertiary alicyclic amines) is 1. The normalized spacial score (nSPS) is 24.1. The van der Waals surface area contributed by atoms with Crippen LogP contribution in [0.2, 0.25) is 0 Å². The van der Waals surface area contributed by atoms with Crippen molar-refractivity contribution in [1.29, 1.82) is 0 Å². The first-order valence-corrected chi connectivity index (χ1v) is 6.51. The molecule has 18 heavy (non-hydrogen) atoms. The van der Waals surface area contributed by atoms with Gasteiger partial charge in [-0.2, -0.15) is 0 Å². The number of piperidine rings is 1. The molecule has 2 unspecified atom stereocenters. The van der Waals surface area contributed by atoms with Crippen LogP contribution in [0.15, 0.2) is 12.1 Å². The van der Waals surface area contributed by atoms with Crippen LogP contribution in [0.1, 0.15) is 36.3 Å². The number of amides is 1. The van der Waals surface area contributed by atoms with Crippen LogP contribution in [0.5, 0.6) is 0 Å². The van der Waals surface area contributed by atoms with Crippen LogP contribution in [0, 0.1) is 18.8 Å². The van der Waals surface area contributed by atoms with E-state index in [2.05, 4.69) is 18.8 Å². The van der Waals surface area contributed by atoms with Gasteiger partial charge in [0.25, 0.3) is 5.91 Å². The second-order valence-corrected chi connectivity index (χ2v) is 5.42. The number of pyridine rings is 1. The van der Waals surface area contributed by atoms with Gasteiger partial charge in [-0.25, -0.2) is 4.98 Å². The van der Waals surface area contributed by atoms with Crippen LogP contribution in [0.4, 0.5) is 5.82 Å². The zero-order chi connectivity index (χ0) is 13.3. The van der Waals surface area contributed by atoms with Gasteiger partial charge in [0.15, 0.2) is 0 Å². The molecular weight excluding hydrogens is 226 g/mol. The van der Waals surface area contributed by atoms with Crippen LogP contribution in [0.3, 0.4) is 0 Å². The lowest BCUT2D eigenvalue weighted by molar-refractivity contribution is 0.0627. The van der Waals surface area contributed by atoms with Crippen LogP contribution in [0.25, 0.3) is 0 Å². The van der Waals surface area contributed by atoms with Gasteiger partial charge in [0.05, 0.1) is 0 Å². The van der Waals surface area contributed by atoms with E-state index in [1.807, 2.05) is 11.8 Å². The summed E-state index contributed by atoms with van der Waals surface area (Å²) in [7, 11) is 0. The fourth-order valence-electron chi connectivity index (χ4n) is 2.45. The van der Waals surface area contributed by atoms with Crippen molar-refractivity contribution in [3.05, 3.63) is 23.4 Å². The van der Waals surface area contributed by atoms with Crippen LogP contribution in [-0.2, 0) is 0 Å². The van der Waals surface area contributed by atoms with Crippen molar-refractivity contribution in [2.45, 2.75) is 27.2 Å². The van der Waals surface area contributed by atoms with Crippen molar-refractivity contribution < 1.29 is 4.79 Å². The minimum absolute atomic E-state index is 0.0750. The zero-order valence-electron chi connectivity index (χ0n) is 11.3. The molecule has 0 aliphatic carbocycles. The van der Waals surface area contributed by atoms with Gasteiger partial charge in [-0.15, -0.1) is 0 Å². The summed E-state index contributed by atoms with van der Waals surface area (Å²) in [6, 6.07) is 3.47. The number of hydrogen-bond donors (Lipinski definition) is 1. The summed E-state index contributed by atoms with van der Waals surface area (Å²) < 4.78 is 0. The lowest BCUT2D eigenvalue weighted by Crippen LogP contribution is -2.42. The number of rotatable bonds is 1. The smallest absolute Gasteiger partial charge is 0.254 e. The maximum Gasteiger partial charge on any atom is 0.254 e. The molecule has 2 heterocycles. The van der Waals surface area contributed by atoms with Crippen molar-refractivity contribution in [2.75, 3.05) is 18.8 Å². The predicted octanol–water partition coefficient (Wildman–Crippen LogP) is 2.09. The molecule has 2 N–H and O–H groups in total. The number of aryl methyl sites for hydroxylation is 1. The van der Waals surface area contributed by atoms with Gasteiger partial charge < -0.3 is 10.6 Å². The molecule has 1 aliphatic heterocycles. The molecule has 1 amide bonds. The minimum atomic E-state index is 0.0750. The van der Waals surface area contributed by atoms with Gasteiger partial charge in [-0.1, -0.05) is 13.8 Å². The number of anilines is 1. The average molecular weight is 247 g/mol. The second-order valence-electron chi connectivity index (χ2n) is 5.42. The Morgan fingerprint density at radius 3 is 2.72 bits per heavy atom. The van der Waals surface area contributed by atoms with Crippen molar-refractivity contribution in [2.24, 2.45) is 11.8 Å². The lowest BCUT2D eigenvalue weighted by atomic mass is 9.88. The number of carbonyl (C=O) groups is 1. The number of nitrogens with two attached hydrogens (primary N) is 1. The van der Waals surface area contributed by atoms with Crippen LogP contribution >= 0.6 is 0 Å². The first kappa shape index (κ1) is 12.9. The molecule has 2 atom stereocenters. The molecule has 1 saturated heterocycles. The van der Waals surface area contributed by atoms with Crippen molar-refractivity contribution >= 4 is 11.7 Å². The predicted molar refractivity (Wildman–Crippen MR) is 72.2 cm³/mol. The molecule has 1 aromatic rings. The van der Waals surface area contributed by atoms with Crippen LogP contribution < -0.4 is 5.73 Å². The van der Waals surface area contributed by atoms with E-state index < -0.39 is 0 Å². The van der Waals surface area contributed by atoms with E-state index in [0.29, 0.717) is 23.2 Å². The first-order valence-electron chi connectivity index (χ1n) is 6.51. The summed E-state index contributed by atoms with van der Waals surface area (Å²) >= 11 is 0. The molecule has 98 valence electrons. The van der Waals surface area contributed by atoms with E-state index in [1.165, 1.54) is 0 Å². The summed E-state index contributed by atoms with van der Waals surface area (Å²) in [6.45, 7) is 7.98. The third kappa shape index (κ3) is 2.63. The van der Waals surface area contributed by atoms with Gasteiger partial charge in [-0.3, -0.25) is 4.79 Å². The Balaban J connectivity index is 2.16. The highest BCUT2D eigenvalue weighted by Gasteiger charge is 2.26. The SMILES string of the molecule is Cc1cc(C(=O)N2CCC(C)C(C)C2)cc(N)n1. The molecule has 4 nitrogen and oxygen atoms in total. The molecule has 1 fully saturated rings. The van der Waals surface area contributed by atoms with E-state index in [9.17, 15) is 4.79 Å². The summed E-state index contributed by atoms with van der Waals surface area (Å²) in [4.78, 5) is 18.4. The quantitative estimate of drug-likeness (QED) is 0.826. The van der Waals surface area contributed by atoms with Gasteiger partial charge in [0.1, 0.15) is 5.82 Å². The standard InChI is InChI=1S/C14H21N3O/c1-9-4-5-17(8-10(9)2)14(18)12-6-11(3)16-13(15)7-12/h6-7,9-10H,4-5,8H2,1-3H3,(H2,15,16). The number of nitrogens with zero attached hydrogens (tertiary/aromatic N) is 2. The van der Waals surface area contributed by atoms with Crippen molar-refractivity contribution in [3.63, 3.8) is 0 Å². The Hall–Kier alpha value is -1.58. The summed E-state index contributed by atoms with van der Waals surface area (Å²) in [5.41, 5.74) is 7.14. The van der Waals surface area contributed by atoms with E-state index in [0.717, 1.165) is 25.2 Å². The minimum Gasteiger partial charge on any atom is -0.384 e. The summed E-state index contributed by atoms with van der Waals surface area (Å²) in [6.07, 6.45) is 1.08. The van der Waals surface area contributed by atoms with Crippen molar-refractivity contribution in [1.82, 2.24) is 9.88 Å². The molecule has 2 rings (SSSR count). The van der Waals surface area contributed by atoms with Gasteiger partial charge in [0.2, 0.25) is 0 Å². The van der Waals surface area contributed by atoms with E-state index >= 15 is 0 Å². The zero-order valence-corrected chi connectivity index (χ0v) is 11.3. The topological polar surface area (TPSA) is 59.2 Å². The fourth-order valence-corrected chi connectivity index (χ4v) is 2.45. The van der Waals surface area contributed by atoms with Crippen LogP contribution in [-0.4, -0.2) is 28.9 Å². The number of hydrogen-bond acceptors (Lipinski definition) is 3. The average Bonchev–Trinajstić information content (AvgIpc) is 2.30. The van der Waals surface area contributed by atoms with E-state index in [4.69, 9.17) is 5.73 Å². The molecule has 0 bridgehead atoms. The largest absolute Gasteiger partial charge is 0.384 e. The summed E-state index contributed by atoms with van der Waals surface area (Å²) in [5, 5.41) is 0. The molecule has 0 aromatic carbocycles. The number of carbonyl (C=O) groups excluding carboxylic acids is 1. The Morgan fingerprint density at radius 2 is 2.11 bits per heavy atom.